The van der Waals surface area contributed by atoms with E-state index in [1.54, 1.807) is 37.4 Å². The maximum absolute atomic E-state index is 12.4. The standard InChI is InChI=1S/C19H24N2O4S/c1-4-5-11-20-26(23,24)17-8-6-7-16(13-17)21-19(22)15-10-9-14(2)18(12-15)25-3/h6-10,12-13,20H,4-5,11H2,1-3H3,(H,21,22). The van der Waals surface area contributed by atoms with Crippen LogP contribution in [0.1, 0.15) is 35.7 Å². The Hall–Kier alpha value is -2.38. The molecule has 6 nitrogen and oxygen atoms in total. The van der Waals surface area contributed by atoms with Crippen molar-refractivity contribution in [2.75, 3.05) is 19.0 Å². The van der Waals surface area contributed by atoms with Gasteiger partial charge < -0.3 is 10.1 Å². The molecule has 2 aromatic carbocycles. The van der Waals surface area contributed by atoms with Gasteiger partial charge in [0.05, 0.1) is 12.0 Å². The van der Waals surface area contributed by atoms with E-state index in [9.17, 15) is 13.2 Å². The zero-order valence-electron chi connectivity index (χ0n) is 15.2. The van der Waals surface area contributed by atoms with Crippen molar-refractivity contribution in [2.24, 2.45) is 0 Å². The summed E-state index contributed by atoms with van der Waals surface area (Å²) in [5.74, 6) is 0.283. The van der Waals surface area contributed by atoms with Crippen LogP contribution < -0.4 is 14.8 Å². The maximum atomic E-state index is 12.4. The number of hydrogen-bond donors (Lipinski definition) is 2. The summed E-state index contributed by atoms with van der Waals surface area (Å²) < 4.78 is 32.4. The SMILES string of the molecule is CCCCNS(=O)(=O)c1cccc(NC(=O)c2ccc(C)c(OC)c2)c1. The number of methoxy groups -OCH3 is 1. The number of amides is 1. The molecule has 2 N–H and O–H groups in total. The van der Waals surface area contributed by atoms with Gasteiger partial charge in [-0.25, -0.2) is 13.1 Å². The first-order chi connectivity index (χ1) is 12.4. The van der Waals surface area contributed by atoms with Crippen molar-refractivity contribution in [2.45, 2.75) is 31.6 Å². The molecule has 0 bridgehead atoms. The van der Waals surface area contributed by atoms with E-state index >= 15 is 0 Å². The molecular weight excluding hydrogens is 352 g/mol. The molecule has 0 radical (unpaired) electrons. The van der Waals surface area contributed by atoms with Crippen LogP contribution in [0.2, 0.25) is 0 Å². The fraction of sp³-hybridized carbons (Fsp3) is 0.316. The maximum Gasteiger partial charge on any atom is 0.255 e. The molecule has 2 aromatic rings. The van der Waals surface area contributed by atoms with E-state index < -0.39 is 10.0 Å². The van der Waals surface area contributed by atoms with Crippen molar-refractivity contribution in [3.05, 3.63) is 53.6 Å². The van der Waals surface area contributed by atoms with Gasteiger partial charge in [-0.2, -0.15) is 0 Å². The Kier molecular flexibility index (Phi) is 6.76. The molecular formula is C19H24N2O4S. The highest BCUT2D eigenvalue weighted by atomic mass is 32.2. The van der Waals surface area contributed by atoms with Crippen LogP contribution in [0.3, 0.4) is 0 Å². The monoisotopic (exact) mass is 376 g/mol. The second-order valence-electron chi connectivity index (χ2n) is 5.92. The van der Waals surface area contributed by atoms with E-state index in [1.807, 2.05) is 13.8 Å². The summed E-state index contributed by atoms with van der Waals surface area (Å²) >= 11 is 0. The summed E-state index contributed by atoms with van der Waals surface area (Å²) in [6, 6.07) is 11.3. The number of unbranched alkanes of at least 4 members (excludes halogenated alkanes) is 1. The Labute approximate surface area is 154 Å². The van der Waals surface area contributed by atoms with E-state index in [0.29, 0.717) is 23.5 Å². The predicted molar refractivity (Wildman–Crippen MR) is 102 cm³/mol. The second kappa shape index (κ2) is 8.82. The van der Waals surface area contributed by atoms with Crippen LogP contribution >= 0.6 is 0 Å². The van der Waals surface area contributed by atoms with Crippen molar-refractivity contribution in [1.82, 2.24) is 4.72 Å². The zero-order valence-corrected chi connectivity index (χ0v) is 16.0. The second-order valence-corrected chi connectivity index (χ2v) is 7.68. The number of hydrogen-bond acceptors (Lipinski definition) is 4. The predicted octanol–water partition coefficient (Wildman–Crippen LogP) is 3.33. The van der Waals surface area contributed by atoms with Crippen molar-refractivity contribution < 1.29 is 17.9 Å². The Bertz CT molecular complexity index is 879. The largest absolute Gasteiger partial charge is 0.496 e. The van der Waals surface area contributed by atoms with Gasteiger partial charge in [0.25, 0.3) is 5.91 Å². The minimum absolute atomic E-state index is 0.118. The molecule has 0 unspecified atom stereocenters. The molecule has 0 heterocycles. The number of carbonyl (C=O) groups excluding carboxylic acids is 1. The first-order valence-electron chi connectivity index (χ1n) is 8.43. The highest BCUT2D eigenvalue weighted by molar-refractivity contribution is 7.89. The number of rotatable bonds is 8. The molecule has 0 fully saturated rings. The van der Waals surface area contributed by atoms with E-state index in [-0.39, 0.29) is 10.8 Å². The molecule has 0 aliphatic heterocycles. The molecule has 7 heteroatoms. The number of sulfonamides is 1. The van der Waals surface area contributed by atoms with Crippen molar-refractivity contribution in [3.8, 4) is 5.75 Å². The molecule has 140 valence electrons. The number of ether oxygens (including phenoxy) is 1. The number of aryl methyl sites for hydroxylation is 1. The van der Waals surface area contributed by atoms with Gasteiger partial charge in [0.15, 0.2) is 0 Å². The van der Waals surface area contributed by atoms with Gasteiger partial charge in [-0.3, -0.25) is 4.79 Å². The zero-order chi connectivity index (χ0) is 19.2. The van der Waals surface area contributed by atoms with E-state index in [4.69, 9.17) is 4.74 Å². The molecule has 0 saturated carbocycles. The molecule has 0 atom stereocenters. The van der Waals surface area contributed by atoms with Crippen LogP contribution in [0.25, 0.3) is 0 Å². The summed E-state index contributed by atoms with van der Waals surface area (Å²) in [7, 11) is -2.05. The fourth-order valence-electron chi connectivity index (χ4n) is 2.37. The molecule has 0 aliphatic rings. The van der Waals surface area contributed by atoms with Crippen LogP contribution in [-0.2, 0) is 10.0 Å². The molecule has 0 spiro atoms. The number of carbonyl (C=O) groups is 1. The average Bonchev–Trinajstić information content (AvgIpc) is 2.62. The van der Waals surface area contributed by atoms with Crippen LogP contribution in [0.4, 0.5) is 5.69 Å². The van der Waals surface area contributed by atoms with Crippen LogP contribution in [0, 0.1) is 6.92 Å². The highest BCUT2D eigenvalue weighted by Gasteiger charge is 2.15. The summed E-state index contributed by atoms with van der Waals surface area (Å²) in [5, 5.41) is 2.72. The Morgan fingerprint density at radius 2 is 1.92 bits per heavy atom. The van der Waals surface area contributed by atoms with Crippen molar-refractivity contribution >= 4 is 21.6 Å². The van der Waals surface area contributed by atoms with Crippen LogP contribution in [0.15, 0.2) is 47.4 Å². The topological polar surface area (TPSA) is 84.5 Å². The number of nitrogens with one attached hydrogen (secondary N) is 2. The quantitative estimate of drug-likeness (QED) is 0.692. The number of benzene rings is 2. The van der Waals surface area contributed by atoms with Crippen LogP contribution in [0.5, 0.6) is 5.75 Å². The number of anilines is 1. The van der Waals surface area contributed by atoms with Gasteiger partial charge in [0.1, 0.15) is 5.75 Å². The van der Waals surface area contributed by atoms with Crippen LogP contribution in [-0.4, -0.2) is 28.0 Å². The van der Waals surface area contributed by atoms with Crippen molar-refractivity contribution in [1.29, 1.82) is 0 Å². The van der Waals surface area contributed by atoms with Gasteiger partial charge >= 0.3 is 0 Å². The average molecular weight is 376 g/mol. The Morgan fingerprint density at radius 1 is 1.15 bits per heavy atom. The van der Waals surface area contributed by atoms with Crippen molar-refractivity contribution in [3.63, 3.8) is 0 Å². The lowest BCUT2D eigenvalue weighted by Crippen LogP contribution is -2.24. The summed E-state index contributed by atoms with van der Waals surface area (Å²) in [6.45, 7) is 4.27. The van der Waals surface area contributed by atoms with Gasteiger partial charge in [-0.1, -0.05) is 25.5 Å². The molecule has 0 aliphatic carbocycles. The molecule has 0 aromatic heterocycles. The lowest BCUT2D eigenvalue weighted by Gasteiger charge is -2.10. The third-order valence-electron chi connectivity index (χ3n) is 3.89. The molecule has 0 saturated heterocycles. The normalized spacial score (nSPS) is 11.2. The van der Waals surface area contributed by atoms with E-state index in [1.165, 1.54) is 12.1 Å². The lowest BCUT2D eigenvalue weighted by molar-refractivity contribution is 0.102. The van der Waals surface area contributed by atoms with Gasteiger partial charge in [0.2, 0.25) is 10.0 Å². The van der Waals surface area contributed by atoms with Gasteiger partial charge in [0, 0.05) is 17.8 Å². The lowest BCUT2D eigenvalue weighted by atomic mass is 10.1. The minimum atomic E-state index is -3.59. The van der Waals surface area contributed by atoms with Gasteiger partial charge in [-0.15, -0.1) is 0 Å². The minimum Gasteiger partial charge on any atom is -0.496 e. The third-order valence-corrected chi connectivity index (χ3v) is 5.35. The summed E-state index contributed by atoms with van der Waals surface area (Å²) in [5.41, 5.74) is 1.77. The summed E-state index contributed by atoms with van der Waals surface area (Å²) in [4.78, 5) is 12.6. The van der Waals surface area contributed by atoms with E-state index in [0.717, 1.165) is 18.4 Å². The third kappa shape index (κ3) is 5.06. The highest BCUT2D eigenvalue weighted by Crippen LogP contribution is 2.21. The molecule has 26 heavy (non-hydrogen) atoms. The molecule has 2 rings (SSSR count). The molecule has 1 amide bonds. The Balaban J connectivity index is 2.16. The Morgan fingerprint density at radius 3 is 2.62 bits per heavy atom. The van der Waals surface area contributed by atoms with Gasteiger partial charge in [-0.05, 0) is 49.2 Å². The first kappa shape index (κ1) is 19.9. The first-order valence-corrected chi connectivity index (χ1v) is 9.91. The smallest absolute Gasteiger partial charge is 0.255 e. The fourth-order valence-corrected chi connectivity index (χ4v) is 3.49. The summed E-state index contributed by atoms with van der Waals surface area (Å²) in [6.07, 6.45) is 1.67. The van der Waals surface area contributed by atoms with E-state index in [2.05, 4.69) is 10.0 Å².